The highest BCUT2D eigenvalue weighted by Crippen LogP contribution is 2.37. The Bertz CT molecular complexity index is 1580. The van der Waals surface area contributed by atoms with E-state index in [1.807, 2.05) is 6.07 Å². The number of aromatic nitrogens is 1. The van der Waals surface area contributed by atoms with Crippen LogP contribution in [0.15, 0.2) is 77.8 Å². The average molecular weight is 563 g/mol. The largest absolute Gasteiger partial charge is 0.593 e. The fraction of sp³-hybridized carbons (Fsp3) is 0.138. The van der Waals surface area contributed by atoms with E-state index in [0.717, 1.165) is 0 Å². The minimum atomic E-state index is -2.61. The van der Waals surface area contributed by atoms with Gasteiger partial charge in [0.25, 0.3) is 12.3 Å². The zero-order chi connectivity index (χ0) is 28.8. The van der Waals surface area contributed by atoms with Crippen molar-refractivity contribution in [3.63, 3.8) is 0 Å². The number of nitrogens with zero attached hydrogens (tertiary/aromatic N) is 2. The van der Waals surface area contributed by atoms with E-state index in [0.29, 0.717) is 32.8 Å². The van der Waals surface area contributed by atoms with Crippen molar-refractivity contribution in [1.82, 2.24) is 9.71 Å². The van der Waals surface area contributed by atoms with Gasteiger partial charge in [-0.15, -0.1) is 4.72 Å². The number of rotatable bonds is 9. The number of ether oxygens (including phenoxy) is 2. The number of nitriles is 1. The predicted molar refractivity (Wildman–Crippen MR) is 147 cm³/mol. The molecule has 0 spiro atoms. The van der Waals surface area contributed by atoms with Crippen molar-refractivity contribution in [3.05, 3.63) is 95.2 Å². The zero-order valence-electron chi connectivity index (χ0n) is 21.7. The number of carbonyl (C=O) groups excluding carboxylic acids is 1. The second-order valence-corrected chi connectivity index (χ2v) is 9.85. The summed E-state index contributed by atoms with van der Waals surface area (Å²) >= 11 is -1.46. The average Bonchev–Trinajstić information content (AvgIpc) is 2.97. The molecule has 1 aromatic heterocycles. The monoisotopic (exact) mass is 562 g/mol. The van der Waals surface area contributed by atoms with Crippen molar-refractivity contribution in [3.8, 4) is 34.6 Å². The van der Waals surface area contributed by atoms with Crippen molar-refractivity contribution < 1.29 is 27.6 Å². The van der Waals surface area contributed by atoms with Crippen LogP contribution >= 0.6 is 0 Å². The molecule has 0 radical (unpaired) electrons. The molecule has 40 heavy (non-hydrogen) atoms. The van der Waals surface area contributed by atoms with Crippen LogP contribution in [0.3, 0.4) is 0 Å². The summed E-state index contributed by atoms with van der Waals surface area (Å²) in [5.41, 5.74) is 2.30. The number of amides is 1. The first-order valence-corrected chi connectivity index (χ1v) is 13.0. The number of hydrogen-bond donors (Lipinski definition) is 2. The van der Waals surface area contributed by atoms with Gasteiger partial charge in [-0.3, -0.25) is 4.79 Å². The molecule has 2 N–H and O–H groups in total. The van der Waals surface area contributed by atoms with Gasteiger partial charge in [0.05, 0.1) is 30.1 Å². The minimum Gasteiger partial charge on any atom is -0.593 e. The van der Waals surface area contributed by atoms with Crippen LogP contribution in [0.4, 0.5) is 14.5 Å². The zero-order valence-corrected chi connectivity index (χ0v) is 22.5. The summed E-state index contributed by atoms with van der Waals surface area (Å²) in [5.74, 6) is -0.117. The van der Waals surface area contributed by atoms with Gasteiger partial charge < -0.3 is 19.3 Å². The molecule has 0 aliphatic carbocycles. The fourth-order valence-electron chi connectivity index (χ4n) is 3.95. The Morgan fingerprint density at radius 2 is 1.85 bits per heavy atom. The maximum absolute atomic E-state index is 13.7. The van der Waals surface area contributed by atoms with Gasteiger partial charge in [-0.05, 0) is 42.3 Å². The Balaban J connectivity index is 1.79. The quantitative estimate of drug-likeness (QED) is 0.235. The SMILES string of the molecule is CN[S@+]([O-])c1cccc(NC(=O)c2c(Oc3ccc(C#N)cc3OC)ncc(-c3ccc(C(F)F)cc3)c2C)c1. The first-order chi connectivity index (χ1) is 19.2. The lowest BCUT2D eigenvalue weighted by Gasteiger charge is -2.17. The van der Waals surface area contributed by atoms with Crippen LogP contribution in [0.1, 0.15) is 33.5 Å². The summed E-state index contributed by atoms with van der Waals surface area (Å²) in [7, 11) is 2.97. The third-order valence-corrected chi connectivity index (χ3v) is 7.05. The maximum Gasteiger partial charge on any atom is 0.263 e. The van der Waals surface area contributed by atoms with Gasteiger partial charge in [0, 0.05) is 42.2 Å². The van der Waals surface area contributed by atoms with Gasteiger partial charge in [-0.1, -0.05) is 30.3 Å². The number of hydrogen-bond acceptors (Lipinski definition) is 7. The fourth-order valence-corrected chi connectivity index (χ4v) is 4.62. The molecule has 3 aromatic carbocycles. The summed E-state index contributed by atoms with van der Waals surface area (Å²) in [5, 5.41) is 12.0. The van der Waals surface area contributed by atoms with Gasteiger partial charge in [0.15, 0.2) is 16.4 Å². The molecule has 0 fully saturated rings. The second kappa shape index (κ2) is 12.6. The number of halogens is 2. The van der Waals surface area contributed by atoms with E-state index in [9.17, 15) is 23.4 Å². The number of anilines is 1. The number of pyridine rings is 1. The van der Waals surface area contributed by atoms with Crippen molar-refractivity contribution in [2.24, 2.45) is 0 Å². The summed E-state index contributed by atoms with van der Waals surface area (Å²) in [6.07, 6.45) is -1.12. The number of nitrogens with one attached hydrogen (secondary N) is 2. The van der Waals surface area contributed by atoms with E-state index < -0.39 is 23.7 Å². The molecule has 11 heteroatoms. The standard InChI is InChI=1S/C29H24F2N4O4S/c1-17-23(19-8-10-20(11-9-19)27(30)31)16-34-29(39-24-12-7-18(15-32)13-25(24)38-3)26(17)28(36)35-21-5-4-6-22(14-21)40(37)33-2/h4-14,16,27,33H,1-3H3,(H,35,36)/t40-/m1/s1. The second-order valence-electron chi connectivity index (χ2n) is 8.43. The number of methoxy groups -OCH3 is 1. The lowest BCUT2D eigenvalue weighted by molar-refractivity contribution is 0.102. The molecule has 1 atom stereocenters. The molecular formula is C29H24F2N4O4S. The van der Waals surface area contributed by atoms with Gasteiger partial charge >= 0.3 is 0 Å². The lowest BCUT2D eigenvalue weighted by Crippen LogP contribution is -2.19. The summed E-state index contributed by atoms with van der Waals surface area (Å²) in [6, 6.07) is 18.8. The molecule has 1 amide bonds. The minimum absolute atomic E-state index is 0.0408. The molecular weight excluding hydrogens is 538 g/mol. The summed E-state index contributed by atoms with van der Waals surface area (Å²) in [6.45, 7) is 1.70. The molecule has 0 aliphatic heterocycles. The normalized spacial score (nSPS) is 11.6. The molecule has 0 aliphatic rings. The summed E-state index contributed by atoms with van der Waals surface area (Å²) < 4.78 is 52.4. The third-order valence-electron chi connectivity index (χ3n) is 6.00. The Morgan fingerprint density at radius 3 is 2.50 bits per heavy atom. The Kier molecular flexibility index (Phi) is 8.96. The van der Waals surface area contributed by atoms with E-state index in [4.69, 9.17) is 9.47 Å². The molecule has 204 valence electrons. The van der Waals surface area contributed by atoms with Crippen molar-refractivity contribution in [1.29, 1.82) is 5.26 Å². The predicted octanol–water partition coefficient (Wildman–Crippen LogP) is 6.16. The van der Waals surface area contributed by atoms with E-state index >= 15 is 0 Å². The van der Waals surface area contributed by atoms with Crippen LogP contribution in [0.25, 0.3) is 11.1 Å². The Morgan fingerprint density at radius 1 is 1.10 bits per heavy atom. The van der Waals surface area contributed by atoms with Gasteiger partial charge in [-0.2, -0.15) is 5.26 Å². The molecule has 4 aromatic rings. The van der Waals surface area contributed by atoms with Crippen molar-refractivity contribution >= 4 is 23.0 Å². The highest BCUT2D eigenvalue weighted by atomic mass is 32.2. The van der Waals surface area contributed by atoms with Crippen LogP contribution < -0.4 is 19.5 Å². The van der Waals surface area contributed by atoms with E-state index in [1.165, 1.54) is 55.8 Å². The van der Waals surface area contributed by atoms with E-state index in [1.54, 1.807) is 38.2 Å². The molecule has 0 bridgehead atoms. The smallest absolute Gasteiger partial charge is 0.263 e. The van der Waals surface area contributed by atoms with Crippen molar-refractivity contribution in [2.45, 2.75) is 18.2 Å². The molecule has 0 saturated heterocycles. The Labute approximate surface area is 232 Å². The summed E-state index contributed by atoms with van der Waals surface area (Å²) in [4.78, 5) is 18.5. The number of benzene rings is 3. The topological polar surface area (TPSA) is 119 Å². The highest BCUT2D eigenvalue weighted by Gasteiger charge is 2.23. The maximum atomic E-state index is 13.7. The highest BCUT2D eigenvalue weighted by molar-refractivity contribution is 7.89. The molecule has 0 unspecified atom stereocenters. The first-order valence-electron chi connectivity index (χ1n) is 11.9. The van der Waals surface area contributed by atoms with Gasteiger partial charge in [0.1, 0.15) is 5.56 Å². The van der Waals surface area contributed by atoms with Gasteiger partial charge in [0.2, 0.25) is 5.88 Å². The Hall–Kier alpha value is -4.50. The molecule has 1 heterocycles. The van der Waals surface area contributed by atoms with Crippen LogP contribution in [0.2, 0.25) is 0 Å². The molecule has 8 nitrogen and oxygen atoms in total. The van der Waals surface area contributed by atoms with Gasteiger partial charge in [-0.25, -0.2) is 13.8 Å². The third kappa shape index (κ3) is 6.21. The first kappa shape index (κ1) is 28.5. The van der Waals surface area contributed by atoms with Crippen LogP contribution in [0.5, 0.6) is 17.4 Å². The molecule has 4 rings (SSSR count). The van der Waals surface area contributed by atoms with E-state index in [-0.39, 0.29) is 28.5 Å². The number of alkyl halides is 2. The van der Waals surface area contributed by atoms with Crippen LogP contribution in [-0.4, -0.2) is 29.6 Å². The van der Waals surface area contributed by atoms with Crippen LogP contribution in [0, 0.1) is 18.3 Å². The van der Waals surface area contributed by atoms with E-state index in [2.05, 4.69) is 15.0 Å². The lowest BCUT2D eigenvalue weighted by atomic mass is 9.97. The number of carbonyl (C=O) groups is 1. The molecule has 0 saturated carbocycles. The van der Waals surface area contributed by atoms with Crippen molar-refractivity contribution in [2.75, 3.05) is 19.5 Å². The van der Waals surface area contributed by atoms with Crippen LogP contribution in [-0.2, 0) is 11.4 Å².